The molecule has 2 aliphatic rings. The monoisotopic (exact) mass is 357 g/mol. The molecule has 0 N–H and O–H groups in total. The second kappa shape index (κ2) is 7.40. The van der Waals surface area contributed by atoms with Gasteiger partial charge in [-0.2, -0.15) is 0 Å². The molecule has 0 bridgehead atoms. The number of hydrogen-bond donors (Lipinski definition) is 0. The van der Waals surface area contributed by atoms with Gasteiger partial charge < -0.3 is 4.74 Å². The Hall–Kier alpha value is -2.50. The van der Waals surface area contributed by atoms with E-state index in [1.807, 2.05) is 13.8 Å². The average Bonchev–Trinajstić information content (AvgIpc) is 2.86. The third-order valence-electron chi connectivity index (χ3n) is 4.86. The summed E-state index contributed by atoms with van der Waals surface area (Å²) >= 11 is 0. The van der Waals surface area contributed by atoms with E-state index in [1.165, 1.54) is 0 Å². The van der Waals surface area contributed by atoms with Gasteiger partial charge in [-0.3, -0.25) is 19.3 Å². The summed E-state index contributed by atoms with van der Waals surface area (Å²) in [5, 5.41) is 0. The number of imide groups is 1. The number of esters is 1. The summed E-state index contributed by atoms with van der Waals surface area (Å²) in [7, 11) is 0. The lowest BCUT2D eigenvalue weighted by molar-refractivity contribution is -0.160. The Morgan fingerprint density at radius 2 is 1.73 bits per heavy atom. The predicted molar refractivity (Wildman–Crippen MR) is 93.5 cm³/mol. The molecule has 138 valence electrons. The highest BCUT2D eigenvalue weighted by atomic mass is 16.5. The smallest absolute Gasteiger partial charge is 0.330 e. The minimum atomic E-state index is -1.02. The van der Waals surface area contributed by atoms with Gasteiger partial charge in [-0.25, -0.2) is 4.79 Å². The maximum atomic E-state index is 12.8. The molecular formula is C20H23NO5. The van der Waals surface area contributed by atoms with E-state index >= 15 is 0 Å². The summed E-state index contributed by atoms with van der Waals surface area (Å²) in [5.41, 5.74) is 0.598. The van der Waals surface area contributed by atoms with Gasteiger partial charge in [0.25, 0.3) is 11.8 Å². The van der Waals surface area contributed by atoms with Crippen molar-refractivity contribution in [2.75, 3.05) is 0 Å². The van der Waals surface area contributed by atoms with E-state index in [0.29, 0.717) is 30.4 Å². The molecule has 1 aromatic rings. The zero-order chi connectivity index (χ0) is 18.8. The number of Topliss-reactive ketones (excluding diaryl/α,β-unsaturated/α-hetero) is 1. The van der Waals surface area contributed by atoms with Crippen LogP contribution in [0.3, 0.4) is 0 Å². The fourth-order valence-corrected chi connectivity index (χ4v) is 3.54. The minimum absolute atomic E-state index is 0.0684. The number of amides is 2. The van der Waals surface area contributed by atoms with Gasteiger partial charge in [-0.15, -0.1) is 0 Å². The number of ether oxygens (including phenoxy) is 1. The Morgan fingerprint density at radius 1 is 1.12 bits per heavy atom. The fraction of sp³-hybridized carbons (Fsp3) is 0.500. The van der Waals surface area contributed by atoms with Crippen molar-refractivity contribution in [2.45, 2.75) is 58.1 Å². The van der Waals surface area contributed by atoms with Gasteiger partial charge in [0.15, 0.2) is 11.9 Å². The molecule has 2 amide bonds. The first-order valence-electron chi connectivity index (χ1n) is 9.10. The molecule has 0 spiro atoms. The van der Waals surface area contributed by atoms with Crippen LogP contribution in [0.15, 0.2) is 24.3 Å². The number of fused-ring (bicyclic) bond motifs is 1. The van der Waals surface area contributed by atoms with Crippen molar-refractivity contribution in [2.24, 2.45) is 5.92 Å². The van der Waals surface area contributed by atoms with Gasteiger partial charge in [0.2, 0.25) is 0 Å². The molecule has 0 radical (unpaired) electrons. The van der Waals surface area contributed by atoms with E-state index < -0.39 is 29.9 Å². The maximum absolute atomic E-state index is 12.8. The highest BCUT2D eigenvalue weighted by molar-refractivity contribution is 6.22. The van der Waals surface area contributed by atoms with Gasteiger partial charge in [0.1, 0.15) is 6.04 Å². The quantitative estimate of drug-likeness (QED) is 0.598. The molecule has 2 unspecified atom stereocenters. The number of rotatable bonds is 5. The minimum Gasteiger partial charge on any atom is -0.453 e. The first-order valence-corrected chi connectivity index (χ1v) is 9.10. The standard InChI is InChI=1S/C20H23NO5/c1-12(2)11-15(20(25)26-17-10-6-5-9-16(17)22)21-18(23)13-7-3-4-8-14(13)19(21)24/h3-4,7-8,12,15,17H,5-6,9-11H2,1-2H3. The van der Waals surface area contributed by atoms with Crippen LogP contribution in [0.5, 0.6) is 0 Å². The summed E-state index contributed by atoms with van der Waals surface area (Å²) in [4.78, 5) is 51.2. The van der Waals surface area contributed by atoms with E-state index in [1.54, 1.807) is 24.3 Å². The zero-order valence-corrected chi connectivity index (χ0v) is 15.1. The van der Waals surface area contributed by atoms with Crippen molar-refractivity contribution in [3.63, 3.8) is 0 Å². The van der Waals surface area contributed by atoms with Gasteiger partial charge in [0, 0.05) is 6.42 Å². The summed E-state index contributed by atoms with van der Waals surface area (Å²) in [6.45, 7) is 3.81. The number of hydrogen-bond acceptors (Lipinski definition) is 5. The molecule has 6 nitrogen and oxygen atoms in total. The molecule has 1 heterocycles. The van der Waals surface area contributed by atoms with Gasteiger partial charge in [-0.05, 0) is 43.7 Å². The van der Waals surface area contributed by atoms with E-state index in [9.17, 15) is 19.2 Å². The van der Waals surface area contributed by atoms with Crippen LogP contribution in [0.25, 0.3) is 0 Å². The largest absolute Gasteiger partial charge is 0.453 e. The number of benzene rings is 1. The Balaban J connectivity index is 1.84. The van der Waals surface area contributed by atoms with Crippen LogP contribution in [-0.4, -0.2) is 40.6 Å². The third-order valence-corrected chi connectivity index (χ3v) is 4.86. The van der Waals surface area contributed by atoms with Crippen LogP contribution in [0, 0.1) is 5.92 Å². The number of ketones is 1. The van der Waals surface area contributed by atoms with Gasteiger partial charge >= 0.3 is 5.97 Å². The fourth-order valence-electron chi connectivity index (χ4n) is 3.54. The number of carbonyl (C=O) groups is 4. The van der Waals surface area contributed by atoms with Crippen molar-refractivity contribution in [1.82, 2.24) is 4.90 Å². The van der Waals surface area contributed by atoms with Crippen LogP contribution >= 0.6 is 0 Å². The van der Waals surface area contributed by atoms with Crippen LogP contribution in [0.4, 0.5) is 0 Å². The van der Waals surface area contributed by atoms with E-state index in [4.69, 9.17) is 4.74 Å². The highest BCUT2D eigenvalue weighted by Gasteiger charge is 2.44. The van der Waals surface area contributed by atoms with Gasteiger partial charge in [0.05, 0.1) is 11.1 Å². The highest BCUT2D eigenvalue weighted by Crippen LogP contribution is 2.28. The molecule has 3 rings (SSSR count). The Kier molecular flexibility index (Phi) is 5.20. The van der Waals surface area contributed by atoms with Crippen molar-refractivity contribution in [3.8, 4) is 0 Å². The molecule has 1 fully saturated rings. The van der Waals surface area contributed by atoms with Crippen LogP contribution < -0.4 is 0 Å². The van der Waals surface area contributed by atoms with Crippen LogP contribution in [0.2, 0.25) is 0 Å². The van der Waals surface area contributed by atoms with Gasteiger partial charge in [-0.1, -0.05) is 26.0 Å². The summed E-state index contributed by atoms with van der Waals surface area (Å²) in [5.74, 6) is -1.66. The molecule has 26 heavy (non-hydrogen) atoms. The van der Waals surface area contributed by atoms with Crippen LogP contribution in [0.1, 0.15) is 66.7 Å². The Morgan fingerprint density at radius 3 is 2.27 bits per heavy atom. The molecular weight excluding hydrogens is 334 g/mol. The number of nitrogens with zero attached hydrogens (tertiary/aromatic N) is 1. The lowest BCUT2D eigenvalue weighted by Gasteiger charge is -2.28. The normalized spacial score (nSPS) is 21.1. The van der Waals surface area contributed by atoms with E-state index in [-0.39, 0.29) is 11.7 Å². The average molecular weight is 357 g/mol. The van der Waals surface area contributed by atoms with Crippen molar-refractivity contribution in [3.05, 3.63) is 35.4 Å². The summed E-state index contributed by atoms with van der Waals surface area (Å²) < 4.78 is 5.44. The van der Waals surface area contributed by atoms with E-state index in [2.05, 4.69) is 0 Å². The zero-order valence-electron chi connectivity index (χ0n) is 15.1. The maximum Gasteiger partial charge on any atom is 0.330 e. The third kappa shape index (κ3) is 3.41. The molecule has 1 aromatic carbocycles. The first kappa shape index (κ1) is 18.3. The van der Waals surface area contributed by atoms with Crippen molar-refractivity contribution < 1.29 is 23.9 Å². The molecule has 6 heteroatoms. The molecule has 0 saturated heterocycles. The molecule has 1 saturated carbocycles. The predicted octanol–water partition coefficient (Wildman–Crippen LogP) is 2.75. The number of carbonyl (C=O) groups excluding carboxylic acids is 4. The second-order valence-electron chi connectivity index (χ2n) is 7.31. The van der Waals surface area contributed by atoms with Crippen molar-refractivity contribution >= 4 is 23.6 Å². The Labute approximate surface area is 152 Å². The SMILES string of the molecule is CC(C)CC(C(=O)OC1CCCCC1=O)N1C(=O)c2ccccc2C1=O. The lowest BCUT2D eigenvalue weighted by atomic mass is 9.96. The second-order valence-corrected chi connectivity index (χ2v) is 7.31. The first-order chi connectivity index (χ1) is 12.4. The van der Waals surface area contributed by atoms with E-state index in [0.717, 1.165) is 17.7 Å². The summed E-state index contributed by atoms with van der Waals surface area (Å²) in [6, 6.07) is 5.52. The molecule has 1 aliphatic heterocycles. The Bertz CT molecular complexity index is 719. The molecule has 0 aromatic heterocycles. The summed E-state index contributed by atoms with van der Waals surface area (Å²) in [6.07, 6.45) is 2.07. The van der Waals surface area contributed by atoms with Crippen molar-refractivity contribution in [1.29, 1.82) is 0 Å². The lowest BCUT2D eigenvalue weighted by Crippen LogP contribution is -2.48. The topological polar surface area (TPSA) is 80.8 Å². The molecule has 1 aliphatic carbocycles. The molecule has 2 atom stereocenters. The van der Waals surface area contributed by atoms with Crippen LogP contribution in [-0.2, 0) is 14.3 Å².